The molecule has 214 valence electrons. The highest BCUT2D eigenvalue weighted by atomic mass is 32.2. The summed E-state index contributed by atoms with van der Waals surface area (Å²) in [5.41, 5.74) is 0. The Morgan fingerprint density at radius 3 is 1.22 bits per heavy atom. The summed E-state index contributed by atoms with van der Waals surface area (Å²) in [5, 5.41) is 0. The number of rotatable bonds is 26. The van der Waals surface area contributed by atoms with Gasteiger partial charge in [0.2, 0.25) is 0 Å². The summed E-state index contributed by atoms with van der Waals surface area (Å²) < 4.78 is 28.8. The summed E-state index contributed by atoms with van der Waals surface area (Å²) in [4.78, 5) is 11.9. The Bertz CT molecular complexity index is 745. The quantitative estimate of drug-likeness (QED) is 0.0872. The molecule has 1 aromatic rings. The van der Waals surface area contributed by atoms with E-state index in [2.05, 4.69) is 6.92 Å². The maximum atomic E-state index is 12.0. The number of carbonyl (C=O) groups is 1. The van der Waals surface area contributed by atoms with Gasteiger partial charge in [-0.3, -0.25) is 4.79 Å². The number of unbranched alkanes of at least 4 members (excludes halogenated alkanes) is 22. The summed E-state index contributed by atoms with van der Waals surface area (Å²) in [7, 11) is -3.99. The van der Waals surface area contributed by atoms with Crippen molar-refractivity contribution in [1.82, 2.24) is 0 Å². The van der Waals surface area contributed by atoms with Crippen LogP contribution in [0.15, 0.2) is 35.2 Å². The van der Waals surface area contributed by atoms with Crippen molar-refractivity contribution in [2.24, 2.45) is 0 Å². The normalized spacial score (nSPS) is 11.6. The smallest absolute Gasteiger partial charge is 0.341 e. The average Bonchev–Trinajstić information content (AvgIpc) is 2.89. The van der Waals surface area contributed by atoms with E-state index in [4.69, 9.17) is 4.18 Å². The summed E-state index contributed by atoms with van der Waals surface area (Å²) in [5.74, 6) is -0.660. The van der Waals surface area contributed by atoms with Crippen molar-refractivity contribution in [3.8, 4) is 0 Å². The molecule has 0 fully saturated rings. The SMILES string of the molecule is CCCCCCCCCCCCCCCCCCCCCCCCCC(=O)OS(=O)(=O)c1ccccc1. The van der Waals surface area contributed by atoms with Crippen LogP contribution in [0.2, 0.25) is 0 Å². The van der Waals surface area contributed by atoms with Crippen molar-refractivity contribution in [2.75, 3.05) is 0 Å². The minimum atomic E-state index is -3.99. The average molecular weight is 537 g/mol. The first-order valence-corrected chi connectivity index (χ1v) is 17.0. The molecule has 0 amide bonds. The lowest BCUT2D eigenvalue weighted by molar-refractivity contribution is -0.133. The van der Waals surface area contributed by atoms with Gasteiger partial charge in [0.15, 0.2) is 0 Å². The third kappa shape index (κ3) is 20.3. The van der Waals surface area contributed by atoms with Crippen LogP contribution in [0.1, 0.15) is 161 Å². The largest absolute Gasteiger partial charge is 0.342 e. The van der Waals surface area contributed by atoms with Gasteiger partial charge in [0.05, 0.1) is 0 Å². The van der Waals surface area contributed by atoms with E-state index in [1.165, 1.54) is 141 Å². The Balaban J connectivity index is 1.77. The molecule has 37 heavy (non-hydrogen) atoms. The van der Waals surface area contributed by atoms with Crippen LogP contribution in [0.3, 0.4) is 0 Å². The fraction of sp³-hybridized carbons (Fsp3) is 0.781. The van der Waals surface area contributed by atoms with Crippen LogP contribution < -0.4 is 0 Å². The first-order valence-electron chi connectivity index (χ1n) is 15.6. The van der Waals surface area contributed by atoms with Crippen LogP contribution in [0.5, 0.6) is 0 Å². The van der Waals surface area contributed by atoms with Gasteiger partial charge in [-0.05, 0) is 18.6 Å². The molecule has 0 aliphatic carbocycles. The topological polar surface area (TPSA) is 60.4 Å². The number of benzene rings is 1. The molecule has 0 saturated heterocycles. The highest BCUT2D eigenvalue weighted by Crippen LogP contribution is 2.16. The molecule has 0 spiro atoms. The number of hydrogen-bond acceptors (Lipinski definition) is 4. The molecule has 1 rings (SSSR count). The van der Waals surface area contributed by atoms with E-state index in [0.29, 0.717) is 6.42 Å². The maximum absolute atomic E-state index is 12.0. The second-order valence-corrected chi connectivity index (χ2v) is 12.3. The van der Waals surface area contributed by atoms with Gasteiger partial charge in [-0.25, -0.2) is 0 Å². The first-order chi connectivity index (χ1) is 18.1. The molecule has 0 aliphatic heterocycles. The molecule has 5 heteroatoms. The predicted octanol–water partition coefficient (Wildman–Crippen LogP) is 10.3. The van der Waals surface area contributed by atoms with Gasteiger partial charge >= 0.3 is 16.1 Å². The number of carbonyl (C=O) groups excluding carboxylic acids is 1. The van der Waals surface area contributed by atoms with Crippen molar-refractivity contribution in [1.29, 1.82) is 0 Å². The molecule has 4 nitrogen and oxygen atoms in total. The molecule has 0 N–H and O–H groups in total. The van der Waals surface area contributed by atoms with Crippen LogP contribution in [0.25, 0.3) is 0 Å². The summed E-state index contributed by atoms with van der Waals surface area (Å²) in [6.45, 7) is 2.28. The standard InChI is InChI=1S/C32H56O4S/c1-2-3-4-5-6-7-8-9-10-11-12-13-14-15-16-17-18-19-20-21-22-23-27-30-32(33)36-37(34,35)31-28-25-24-26-29-31/h24-26,28-29H,2-23,27,30H2,1H3. The van der Waals surface area contributed by atoms with E-state index in [1.54, 1.807) is 18.2 Å². The van der Waals surface area contributed by atoms with E-state index in [9.17, 15) is 13.2 Å². The monoisotopic (exact) mass is 536 g/mol. The van der Waals surface area contributed by atoms with Crippen LogP contribution in [0, 0.1) is 0 Å². The molecule has 0 heterocycles. The van der Waals surface area contributed by atoms with Gasteiger partial charge in [0.1, 0.15) is 4.90 Å². The van der Waals surface area contributed by atoms with E-state index in [1.807, 2.05) is 0 Å². The van der Waals surface area contributed by atoms with Gasteiger partial charge < -0.3 is 4.18 Å². The minimum absolute atomic E-state index is 0.0210. The van der Waals surface area contributed by atoms with Crippen LogP contribution >= 0.6 is 0 Å². The van der Waals surface area contributed by atoms with Crippen LogP contribution in [-0.2, 0) is 19.1 Å². The first kappa shape index (κ1) is 33.7. The highest BCUT2D eigenvalue weighted by Gasteiger charge is 2.19. The minimum Gasteiger partial charge on any atom is -0.342 e. The third-order valence-corrected chi connectivity index (χ3v) is 8.47. The van der Waals surface area contributed by atoms with Crippen molar-refractivity contribution in [3.05, 3.63) is 30.3 Å². The Labute approximate surface area is 229 Å². The van der Waals surface area contributed by atoms with Crippen LogP contribution in [-0.4, -0.2) is 14.4 Å². The summed E-state index contributed by atoms with van der Waals surface area (Å²) in [6.07, 6.45) is 30.7. The molecular formula is C32H56O4S. The Morgan fingerprint density at radius 2 is 0.865 bits per heavy atom. The molecule has 0 atom stereocenters. The van der Waals surface area contributed by atoms with Crippen molar-refractivity contribution < 1.29 is 17.4 Å². The van der Waals surface area contributed by atoms with Crippen LogP contribution in [0.4, 0.5) is 0 Å². The molecule has 0 aromatic heterocycles. The van der Waals surface area contributed by atoms with Crippen molar-refractivity contribution in [3.63, 3.8) is 0 Å². The molecular weight excluding hydrogens is 480 g/mol. The van der Waals surface area contributed by atoms with Gasteiger partial charge in [0, 0.05) is 6.42 Å². The van der Waals surface area contributed by atoms with E-state index < -0.39 is 16.1 Å². The fourth-order valence-corrected chi connectivity index (χ4v) is 5.77. The lowest BCUT2D eigenvalue weighted by Gasteiger charge is -2.06. The second-order valence-electron chi connectivity index (χ2n) is 10.8. The molecule has 0 aliphatic rings. The lowest BCUT2D eigenvalue weighted by Crippen LogP contribution is -2.13. The molecule has 0 saturated carbocycles. The Morgan fingerprint density at radius 1 is 0.541 bits per heavy atom. The molecule has 1 aromatic carbocycles. The lowest BCUT2D eigenvalue weighted by atomic mass is 10.0. The maximum Gasteiger partial charge on any atom is 0.341 e. The van der Waals surface area contributed by atoms with Crippen molar-refractivity contribution >= 4 is 16.1 Å². The van der Waals surface area contributed by atoms with E-state index in [0.717, 1.165) is 12.8 Å². The molecule has 0 unspecified atom stereocenters. The van der Waals surface area contributed by atoms with Gasteiger partial charge in [0.25, 0.3) is 0 Å². The summed E-state index contributed by atoms with van der Waals surface area (Å²) >= 11 is 0. The van der Waals surface area contributed by atoms with Crippen molar-refractivity contribution in [2.45, 2.75) is 166 Å². The predicted molar refractivity (Wildman–Crippen MR) is 156 cm³/mol. The fourth-order valence-electron chi connectivity index (χ4n) is 4.85. The zero-order valence-electron chi connectivity index (χ0n) is 23.9. The van der Waals surface area contributed by atoms with Gasteiger partial charge in [-0.2, -0.15) is 8.42 Å². The molecule has 0 radical (unpaired) electrons. The Kier molecular flexibility index (Phi) is 21.6. The van der Waals surface area contributed by atoms with E-state index >= 15 is 0 Å². The van der Waals surface area contributed by atoms with E-state index in [-0.39, 0.29) is 11.3 Å². The zero-order valence-corrected chi connectivity index (χ0v) is 24.7. The highest BCUT2D eigenvalue weighted by molar-refractivity contribution is 7.87. The van der Waals surface area contributed by atoms with Gasteiger partial charge in [-0.1, -0.05) is 166 Å². The van der Waals surface area contributed by atoms with Gasteiger partial charge in [-0.15, -0.1) is 0 Å². The third-order valence-electron chi connectivity index (χ3n) is 7.22. The molecule has 0 bridgehead atoms. The Hall–Kier alpha value is -1.36. The summed E-state index contributed by atoms with van der Waals surface area (Å²) in [6, 6.07) is 7.82. The second kappa shape index (κ2) is 23.7. The zero-order chi connectivity index (χ0) is 26.9. The number of hydrogen-bond donors (Lipinski definition) is 0.